The molecule has 0 amide bonds. The zero-order chi connectivity index (χ0) is 12.1. The fourth-order valence-electron chi connectivity index (χ4n) is 1.74. The van der Waals surface area contributed by atoms with Crippen molar-refractivity contribution in [1.82, 2.24) is 0 Å². The average Bonchev–Trinajstić information content (AvgIpc) is 2.20. The van der Waals surface area contributed by atoms with Crippen LogP contribution in [-0.2, 0) is 6.42 Å². The van der Waals surface area contributed by atoms with Gasteiger partial charge < -0.3 is 5.11 Å². The number of aliphatic hydroxyl groups is 1. The molecule has 16 heavy (non-hydrogen) atoms. The molecular weight excluding hydrogens is 203 g/mol. The van der Waals surface area contributed by atoms with Crippen LogP contribution in [0.4, 0.5) is 4.39 Å². The molecule has 2 heteroatoms. The normalized spacial score (nSPS) is 13.1. The van der Waals surface area contributed by atoms with Crippen LogP contribution < -0.4 is 0 Å². The Balaban J connectivity index is 2.55. The molecule has 0 aliphatic rings. The Bertz CT molecular complexity index is 334. The van der Waals surface area contributed by atoms with Gasteiger partial charge in [-0.25, -0.2) is 4.39 Å². The van der Waals surface area contributed by atoms with Crippen molar-refractivity contribution in [2.24, 2.45) is 5.92 Å². The Labute approximate surface area is 97.3 Å². The number of aryl methyl sites for hydroxylation is 1. The van der Waals surface area contributed by atoms with Gasteiger partial charge in [-0.3, -0.25) is 0 Å². The van der Waals surface area contributed by atoms with Crippen LogP contribution in [0, 0.1) is 18.7 Å². The summed E-state index contributed by atoms with van der Waals surface area (Å²) in [5.74, 6) is 0.375. The van der Waals surface area contributed by atoms with E-state index in [9.17, 15) is 9.50 Å². The van der Waals surface area contributed by atoms with Gasteiger partial charge in [0, 0.05) is 0 Å². The van der Waals surface area contributed by atoms with Gasteiger partial charge in [0.25, 0.3) is 0 Å². The SMILES string of the molecule is Cc1ccc(F)cc1CC(O)CCC(C)C. The molecule has 0 saturated heterocycles. The molecule has 0 fully saturated rings. The lowest BCUT2D eigenvalue weighted by Crippen LogP contribution is -2.12. The highest BCUT2D eigenvalue weighted by atomic mass is 19.1. The Morgan fingerprint density at radius 3 is 2.56 bits per heavy atom. The second-order valence-electron chi connectivity index (χ2n) is 4.90. The molecule has 1 unspecified atom stereocenters. The maximum absolute atomic E-state index is 13.0. The lowest BCUT2D eigenvalue weighted by atomic mass is 9.97. The van der Waals surface area contributed by atoms with E-state index in [1.54, 1.807) is 6.07 Å². The van der Waals surface area contributed by atoms with Crippen LogP contribution in [0.5, 0.6) is 0 Å². The summed E-state index contributed by atoms with van der Waals surface area (Å²) in [7, 11) is 0. The van der Waals surface area contributed by atoms with Crippen molar-refractivity contribution in [3.63, 3.8) is 0 Å². The van der Waals surface area contributed by atoms with Crippen molar-refractivity contribution in [2.75, 3.05) is 0 Å². The Hall–Kier alpha value is -0.890. The topological polar surface area (TPSA) is 20.2 Å². The largest absolute Gasteiger partial charge is 0.393 e. The molecule has 1 N–H and O–H groups in total. The van der Waals surface area contributed by atoms with Gasteiger partial charge in [0.2, 0.25) is 0 Å². The Morgan fingerprint density at radius 2 is 1.94 bits per heavy atom. The Kier molecular flexibility index (Phi) is 4.94. The molecular formula is C14H21FO. The fourth-order valence-corrected chi connectivity index (χ4v) is 1.74. The van der Waals surface area contributed by atoms with E-state index in [4.69, 9.17) is 0 Å². The summed E-state index contributed by atoms with van der Waals surface area (Å²) in [4.78, 5) is 0. The third-order valence-corrected chi connectivity index (χ3v) is 2.84. The van der Waals surface area contributed by atoms with E-state index < -0.39 is 0 Å². The maximum atomic E-state index is 13.0. The number of aliphatic hydroxyl groups excluding tert-OH is 1. The molecule has 0 aliphatic carbocycles. The van der Waals surface area contributed by atoms with Crippen LogP contribution in [0.15, 0.2) is 18.2 Å². The van der Waals surface area contributed by atoms with Gasteiger partial charge in [-0.1, -0.05) is 19.9 Å². The summed E-state index contributed by atoms with van der Waals surface area (Å²) in [6.07, 6.45) is 1.99. The molecule has 0 saturated carbocycles. The highest BCUT2D eigenvalue weighted by molar-refractivity contribution is 5.27. The third kappa shape index (κ3) is 4.31. The van der Waals surface area contributed by atoms with E-state index in [2.05, 4.69) is 13.8 Å². The average molecular weight is 224 g/mol. The van der Waals surface area contributed by atoms with Crippen LogP contribution in [0.25, 0.3) is 0 Å². The van der Waals surface area contributed by atoms with Crippen LogP contribution in [-0.4, -0.2) is 11.2 Å². The zero-order valence-corrected chi connectivity index (χ0v) is 10.3. The highest BCUT2D eigenvalue weighted by Gasteiger charge is 2.09. The summed E-state index contributed by atoms with van der Waals surface area (Å²) in [5.41, 5.74) is 1.96. The van der Waals surface area contributed by atoms with E-state index in [1.807, 2.05) is 6.92 Å². The zero-order valence-electron chi connectivity index (χ0n) is 10.3. The molecule has 1 atom stereocenters. The van der Waals surface area contributed by atoms with Crippen molar-refractivity contribution < 1.29 is 9.50 Å². The van der Waals surface area contributed by atoms with Gasteiger partial charge in [0.05, 0.1) is 6.10 Å². The van der Waals surface area contributed by atoms with Gasteiger partial charge in [-0.2, -0.15) is 0 Å². The first-order chi connectivity index (χ1) is 7.49. The quantitative estimate of drug-likeness (QED) is 0.812. The molecule has 0 spiro atoms. The van der Waals surface area contributed by atoms with Crippen LogP contribution in [0.2, 0.25) is 0 Å². The van der Waals surface area contributed by atoms with Crippen molar-refractivity contribution in [1.29, 1.82) is 0 Å². The summed E-state index contributed by atoms with van der Waals surface area (Å²) in [6, 6.07) is 4.74. The van der Waals surface area contributed by atoms with Crippen LogP contribution in [0.1, 0.15) is 37.8 Å². The van der Waals surface area contributed by atoms with Gasteiger partial charge in [-0.05, 0) is 55.4 Å². The number of hydrogen-bond donors (Lipinski definition) is 1. The number of benzene rings is 1. The molecule has 0 radical (unpaired) electrons. The van der Waals surface area contributed by atoms with Crippen molar-refractivity contribution in [3.8, 4) is 0 Å². The predicted molar refractivity (Wildman–Crippen MR) is 64.9 cm³/mol. The van der Waals surface area contributed by atoms with Crippen LogP contribution >= 0.6 is 0 Å². The molecule has 0 bridgehead atoms. The molecule has 0 aliphatic heterocycles. The summed E-state index contributed by atoms with van der Waals surface area (Å²) in [5, 5.41) is 9.84. The maximum Gasteiger partial charge on any atom is 0.123 e. The van der Waals surface area contributed by atoms with Crippen molar-refractivity contribution in [3.05, 3.63) is 35.1 Å². The smallest absolute Gasteiger partial charge is 0.123 e. The van der Waals surface area contributed by atoms with E-state index in [0.717, 1.165) is 24.0 Å². The number of rotatable bonds is 5. The molecule has 0 aromatic heterocycles. The third-order valence-electron chi connectivity index (χ3n) is 2.84. The van der Waals surface area contributed by atoms with E-state index in [0.29, 0.717) is 12.3 Å². The molecule has 90 valence electrons. The van der Waals surface area contributed by atoms with Crippen molar-refractivity contribution >= 4 is 0 Å². The number of halogens is 1. The molecule has 1 nitrogen and oxygen atoms in total. The summed E-state index contributed by atoms with van der Waals surface area (Å²) in [6.45, 7) is 6.23. The predicted octanol–water partition coefficient (Wildman–Crippen LogP) is 3.47. The van der Waals surface area contributed by atoms with Gasteiger partial charge in [-0.15, -0.1) is 0 Å². The first-order valence-electron chi connectivity index (χ1n) is 5.92. The molecule has 1 aromatic rings. The minimum Gasteiger partial charge on any atom is -0.393 e. The van der Waals surface area contributed by atoms with E-state index in [-0.39, 0.29) is 11.9 Å². The molecule has 0 heterocycles. The van der Waals surface area contributed by atoms with E-state index >= 15 is 0 Å². The monoisotopic (exact) mass is 224 g/mol. The first kappa shape index (κ1) is 13.2. The Morgan fingerprint density at radius 1 is 1.25 bits per heavy atom. The lowest BCUT2D eigenvalue weighted by molar-refractivity contribution is 0.156. The summed E-state index contributed by atoms with van der Waals surface area (Å²) < 4.78 is 13.0. The minimum atomic E-state index is -0.358. The van der Waals surface area contributed by atoms with Gasteiger partial charge >= 0.3 is 0 Å². The van der Waals surface area contributed by atoms with Gasteiger partial charge in [0.15, 0.2) is 0 Å². The first-order valence-corrected chi connectivity index (χ1v) is 5.92. The van der Waals surface area contributed by atoms with Crippen molar-refractivity contribution in [2.45, 2.75) is 46.1 Å². The fraction of sp³-hybridized carbons (Fsp3) is 0.571. The highest BCUT2D eigenvalue weighted by Crippen LogP contribution is 2.15. The van der Waals surface area contributed by atoms with E-state index in [1.165, 1.54) is 12.1 Å². The standard InChI is InChI=1S/C14H21FO/c1-10(2)4-7-14(16)9-12-8-13(15)6-5-11(12)3/h5-6,8,10,14,16H,4,7,9H2,1-3H3. The second kappa shape index (κ2) is 6.00. The number of hydrogen-bond acceptors (Lipinski definition) is 1. The van der Waals surface area contributed by atoms with Crippen LogP contribution in [0.3, 0.4) is 0 Å². The second-order valence-corrected chi connectivity index (χ2v) is 4.90. The molecule has 1 rings (SSSR count). The van der Waals surface area contributed by atoms with Gasteiger partial charge in [0.1, 0.15) is 5.82 Å². The minimum absolute atomic E-state index is 0.225. The lowest BCUT2D eigenvalue weighted by Gasteiger charge is -2.13. The molecule has 1 aromatic carbocycles. The summed E-state index contributed by atoms with van der Waals surface area (Å²) >= 11 is 0.